The Morgan fingerprint density at radius 2 is 1.79 bits per heavy atom. The molecule has 1 amide bonds. The van der Waals surface area contributed by atoms with Crippen molar-refractivity contribution in [3.63, 3.8) is 0 Å². The zero-order valence-electron chi connectivity index (χ0n) is 22.4. The van der Waals surface area contributed by atoms with E-state index < -0.39 is 5.97 Å². The number of hydrogen-bond acceptors (Lipinski definition) is 4. The number of aryl methyl sites for hydroxylation is 1. The lowest BCUT2D eigenvalue weighted by Crippen LogP contribution is -2.26. The highest BCUT2D eigenvalue weighted by molar-refractivity contribution is 5.99. The Kier molecular flexibility index (Phi) is 7.23. The van der Waals surface area contributed by atoms with Gasteiger partial charge in [-0.15, -0.1) is 0 Å². The molecule has 1 atom stereocenters. The summed E-state index contributed by atoms with van der Waals surface area (Å²) in [5.74, 6) is 0.828. The second-order valence-corrected chi connectivity index (χ2v) is 10.2. The molecule has 4 aromatic rings. The molecule has 1 aliphatic carbocycles. The van der Waals surface area contributed by atoms with E-state index in [0.29, 0.717) is 23.8 Å². The number of fused-ring (bicyclic) bond motifs is 1. The number of carbonyl (C=O) groups is 2. The van der Waals surface area contributed by atoms with Crippen molar-refractivity contribution in [1.29, 1.82) is 0 Å². The van der Waals surface area contributed by atoms with Crippen molar-refractivity contribution in [3.8, 4) is 5.75 Å². The van der Waals surface area contributed by atoms with Gasteiger partial charge in [0.2, 0.25) is 0 Å². The zero-order chi connectivity index (χ0) is 26.8. The average molecular weight is 511 g/mol. The van der Waals surface area contributed by atoms with E-state index in [0.717, 1.165) is 33.3 Å². The summed E-state index contributed by atoms with van der Waals surface area (Å²) in [6.07, 6.45) is 2.53. The average Bonchev–Trinajstić information content (AvgIpc) is 3.77. The van der Waals surface area contributed by atoms with Crippen LogP contribution in [0.1, 0.15) is 70.0 Å². The van der Waals surface area contributed by atoms with Gasteiger partial charge in [0.1, 0.15) is 5.75 Å². The predicted molar refractivity (Wildman–Crippen MR) is 149 cm³/mol. The number of carbonyl (C=O) groups excluding carboxylic acids is 2. The second kappa shape index (κ2) is 10.7. The molecular formula is C32H34N2O4. The maximum atomic E-state index is 13.2. The first-order valence-corrected chi connectivity index (χ1v) is 13.1. The monoisotopic (exact) mass is 510 g/mol. The first-order valence-electron chi connectivity index (χ1n) is 13.1. The molecule has 0 bridgehead atoms. The maximum Gasteiger partial charge on any atom is 0.343 e. The highest BCUT2D eigenvalue weighted by atomic mass is 16.6. The Bertz CT molecular complexity index is 1480. The first kappa shape index (κ1) is 25.6. The van der Waals surface area contributed by atoms with E-state index >= 15 is 0 Å². The van der Waals surface area contributed by atoms with Crippen molar-refractivity contribution in [2.24, 2.45) is 0 Å². The fraction of sp³-hybridized carbons (Fsp3) is 0.312. The van der Waals surface area contributed by atoms with Crippen LogP contribution < -0.4 is 10.1 Å². The quantitative estimate of drug-likeness (QED) is 0.271. The lowest BCUT2D eigenvalue weighted by atomic mass is 10.0. The Morgan fingerprint density at radius 1 is 1.03 bits per heavy atom. The minimum absolute atomic E-state index is 0.0658. The number of esters is 1. The molecule has 1 fully saturated rings. The minimum Gasteiger partial charge on any atom is -0.482 e. The molecule has 1 saturated carbocycles. The summed E-state index contributed by atoms with van der Waals surface area (Å²) in [6, 6.07) is 22.2. The van der Waals surface area contributed by atoms with Crippen LogP contribution in [0.15, 0.2) is 66.7 Å². The summed E-state index contributed by atoms with van der Waals surface area (Å²) in [6.45, 7) is 6.83. The maximum absolute atomic E-state index is 13.2. The van der Waals surface area contributed by atoms with Crippen molar-refractivity contribution in [1.82, 2.24) is 9.88 Å². The fourth-order valence-electron chi connectivity index (χ4n) is 4.93. The van der Waals surface area contributed by atoms with Crippen molar-refractivity contribution < 1.29 is 19.1 Å². The number of nitrogens with zero attached hydrogens (tertiary/aromatic N) is 1. The van der Waals surface area contributed by atoms with Crippen molar-refractivity contribution in [2.75, 3.05) is 13.7 Å². The topological polar surface area (TPSA) is 69.6 Å². The molecule has 1 aliphatic rings. The summed E-state index contributed by atoms with van der Waals surface area (Å²) >= 11 is 0. The van der Waals surface area contributed by atoms with Gasteiger partial charge in [0.25, 0.3) is 5.91 Å². The standard InChI is InChI=1S/C32H34N2O4/c1-20-22(3)34(18-23-8-13-28(14-9-23)38-19-31(35)37-4)30-15-12-27(17-29(20)30)32(36)33-21(2)25-6-5-7-26(16-25)24-10-11-24/h5-9,12-17,21,24H,10-11,18-19H2,1-4H3,(H,33,36). The van der Waals surface area contributed by atoms with Crippen LogP contribution in [-0.4, -0.2) is 30.2 Å². The van der Waals surface area contributed by atoms with Gasteiger partial charge in [0.05, 0.1) is 13.2 Å². The fourth-order valence-corrected chi connectivity index (χ4v) is 4.93. The number of rotatable bonds is 9. The molecule has 5 rings (SSSR count). The summed E-state index contributed by atoms with van der Waals surface area (Å²) in [7, 11) is 1.34. The van der Waals surface area contributed by atoms with Crippen molar-refractivity contribution in [2.45, 2.75) is 52.1 Å². The van der Waals surface area contributed by atoms with Gasteiger partial charge >= 0.3 is 5.97 Å². The van der Waals surface area contributed by atoms with E-state index in [1.165, 1.54) is 25.5 Å². The van der Waals surface area contributed by atoms with E-state index in [-0.39, 0.29) is 18.6 Å². The third-order valence-electron chi connectivity index (χ3n) is 7.56. The summed E-state index contributed by atoms with van der Waals surface area (Å²) in [5.41, 5.74) is 7.71. The highest BCUT2D eigenvalue weighted by Crippen LogP contribution is 2.40. The molecule has 1 unspecified atom stereocenters. The Balaban J connectivity index is 1.31. The minimum atomic E-state index is -0.413. The van der Waals surface area contributed by atoms with Crippen LogP contribution in [-0.2, 0) is 16.1 Å². The van der Waals surface area contributed by atoms with E-state index in [1.807, 2.05) is 49.4 Å². The molecular weight excluding hydrogens is 476 g/mol. The normalized spacial score (nSPS) is 13.8. The van der Waals surface area contributed by atoms with Crippen LogP contribution in [0.4, 0.5) is 0 Å². The summed E-state index contributed by atoms with van der Waals surface area (Å²) < 4.78 is 12.3. The molecule has 3 aromatic carbocycles. The lowest BCUT2D eigenvalue weighted by Gasteiger charge is -2.16. The molecule has 0 spiro atoms. The SMILES string of the molecule is COC(=O)COc1ccc(Cn2c(C)c(C)c3cc(C(=O)NC(C)c4cccc(C5CC5)c4)ccc32)cc1. The van der Waals surface area contributed by atoms with Gasteiger partial charge in [0, 0.05) is 28.7 Å². The largest absolute Gasteiger partial charge is 0.482 e. The number of benzene rings is 3. The molecule has 0 saturated heterocycles. The molecule has 0 aliphatic heterocycles. The number of hydrogen-bond donors (Lipinski definition) is 1. The molecule has 1 aromatic heterocycles. The lowest BCUT2D eigenvalue weighted by molar-refractivity contribution is -0.142. The molecule has 1 heterocycles. The summed E-state index contributed by atoms with van der Waals surface area (Å²) in [4.78, 5) is 24.5. The van der Waals surface area contributed by atoms with Gasteiger partial charge in [0.15, 0.2) is 6.61 Å². The zero-order valence-corrected chi connectivity index (χ0v) is 22.4. The van der Waals surface area contributed by atoms with Gasteiger partial charge in [-0.05, 0) is 92.1 Å². The van der Waals surface area contributed by atoms with Gasteiger partial charge < -0.3 is 19.4 Å². The van der Waals surface area contributed by atoms with Crippen LogP contribution in [0.2, 0.25) is 0 Å². The highest BCUT2D eigenvalue weighted by Gasteiger charge is 2.24. The Labute approximate surface area is 223 Å². The second-order valence-electron chi connectivity index (χ2n) is 10.2. The van der Waals surface area contributed by atoms with Crippen LogP contribution >= 0.6 is 0 Å². The van der Waals surface area contributed by atoms with Crippen LogP contribution in [0.25, 0.3) is 10.9 Å². The van der Waals surface area contributed by atoms with Crippen LogP contribution in [0, 0.1) is 13.8 Å². The molecule has 1 N–H and O–H groups in total. The third-order valence-corrected chi connectivity index (χ3v) is 7.56. The third kappa shape index (κ3) is 5.44. The number of methoxy groups -OCH3 is 1. The molecule has 38 heavy (non-hydrogen) atoms. The number of ether oxygens (including phenoxy) is 2. The van der Waals surface area contributed by atoms with E-state index in [9.17, 15) is 9.59 Å². The van der Waals surface area contributed by atoms with Gasteiger partial charge in [-0.2, -0.15) is 0 Å². The smallest absolute Gasteiger partial charge is 0.343 e. The van der Waals surface area contributed by atoms with E-state index in [2.05, 4.69) is 52.7 Å². The van der Waals surface area contributed by atoms with Crippen LogP contribution in [0.3, 0.4) is 0 Å². The first-order chi connectivity index (χ1) is 18.3. The molecule has 0 radical (unpaired) electrons. The molecule has 6 heteroatoms. The van der Waals surface area contributed by atoms with Crippen molar-refractivity contribution >= 4 is 22.8 Å². The number of nitrogens with one attached hydrogen (secondary N) is 1. The Hall–Kier alpha value is -4.06. The molecule has 196 valence electrons. The van der Waals surface area contributed by atoms with Crippen LogP contribution in [0.5, 0.6) is 5.75 Å². The predicted octanol–water partition coefficient (Wildman–Crippen LogP) is 6.23. The molecule has 6 nitrogen and oxygen atoms in total. The Morgan fingerprint density at radius 3 is 2.50 bits per heavy atom. The number of amides is 1. The van der Waals surface area contributed by atoms with E-state index in [4.69, 9.17) is 4.74 Å². The summed E-state index contributed by atoms with van der Waals surface area (Å²) in [5, 5.41) is 4.26. The van der Waals surface area contributed by atoms with Gasteiger partial charge in [-0.3, -0.25) is 4.79 Å². The number of aromatic nitrogens is 1. The van der Waals surface area contributed by atoms with Crippen molar-refractivity contribution in [3.05, 3.63) is 100 Å². The van der Waals surface area contributed by atoms with Gasteiger partial charge in [-0.25, -0.2) is 4.79 Å². The van der Waals surface area contributed by atoms with E-state index in [1.54, 1.807) is 0 Å². The van der Waals surface area contributed by atoms with Gasteiger partial charge in [-0.1, -0.05) is 36.4 Å².